The molecule has 27 heavy (non-hydrogen) atoms. The van der Waals surface area contributed by atoms with Crippen LogP contribution in [0.4, 0.5) is 0 Å². The Morgan fingerprint density at radius 1 is 1.07 bits per heavy atom. The van der Waals surface area contributed by atoms with Crippen molar-refractivity contribution in [2.45, 2.75) is 32.7 Å². The molecule has 0 radical (unpaired) electrons. The van der Waals surface area contributed by atoms with Gasteiger partial charge in [-0.2, -0.15) is 0 Å². The number of aromatic nitrogens is 2. The van der Waals surface area contributed by atoms with E-state index in [1.54, 1.807) is 30.3 Å². The first kappa shape index (κ1) is 17.7. The number of thiophene rings is 1. The topological polar surface area (TPSA) is 64.3 Å². The molecule has 3 heterocycles. The Balaban J connectivity index is 1.87. The highest BCUT2D eigenvalue weighted by atomic mass is 32.1. The Bertz CT molecular complexity index is 1110. The first-order chi connectivity index (χ1) is 13.1. The predicted octanol–water partition coefficient (Wildman–Crippen LogP) is 2.53. The minimum Gasteiger partial charge on any atom is -0.341 e. The quantitative estimate of drug-likeness (QED) is 0.698. The monoisotopic (exact) mass is 383 g/mol. The van der Waals surface area contributed by atoms with Gasteiger partial charge in [-0.05, 0) is 44.4 Å². The Hall–Kier alpha value is -2.67. The summed E-state index contributed by atoms with van der Waals surface area (Å²) < 4.78 is 2.62. The second kappa shape index (κ2) is 7.15. The number of benzene rings is 1. The maximum atomic E-state index is 13.2. The maximum absolute atomic E-state index is 13.2. The average Bonchev–Trinajstić information content (AvgIpc) is 3.08. The summed E-state index contributed by atoms with van der Waals surface area (Å²) in [5, 5.41) is 0.479. The third kappa shape index (κ3) is 3.23. The molecule has 1 amide bonds. The van der Waals surface area contributed by atoms with Crippen molar-refractivity contribution in [1.29, 1.82) is 0 Å². The average molecular weight is 383 g/mol. The van der Waals surface area contributed by atoms with Crippen molar-refractivity contribution in [3.8, 4) is 5.69 Å². The van der Waals surface area contributed by atoms with E-state index in [0.717, 1.165) is 41.8 Å². The second-order valence-electron chi connectivity index (χ2n) is 6.86. The summed E-state index contributed by atoms with van der Waals surface area (Å²) in [6.45, 7) is 3.33. The number of rotatable bonds is 3. The molecule has 140 valence electrons. The highest BCUT2D eigenvalue weighted by molar-refractivity contribution is 7.18. The lowest BCUT2D eigenvalue weighted by atomic mass is 10.1. The number of piperidine rings is 1. The predicted molar refractivity (Wildman–Crippen MR) is 107 cm³/mol. The van der Waals surface area contributed by atoms with Crippen LogP contribution in [0, 0.1) is 6.92 Å². The van der Waals surface area contributed by atoms with Gasteiger partial charge in [-0.15, -0.1) is 11.3 Å². The number of likely N-dealkylation sites (tertiary alicyclic amines) is 1. The van der Waals surface area contributed by atoms with Gasteiger partial charge in [0.25, 0.3) is 5.56 Å². The molecule has 1 fully saturated rings. The highest BCUT2D eigenvalue weighted by Crippen LogP contribution is 2.22. The molecule has 0 saturated carbocycles. The smallest absolute Gasteiger partial charge is 0.337 e. The van der Waals surface area contributed by atoms with E-state index in [-0.39, 0.29) is 18.0 Å². The Morgan fingerprint density at radius 2 is 1.78 bits per heavy atom. The largest absolute Gasteiger partial charge is 0.341 e. The van der Waals surface area contributed by atoms with E-state index in [9.17, 15) is 14.4 Å². The number of hydrogen-bond donors (Lipinski definition) is 0. The molecule has 1 aliphatic rings. The number of fused-ring (bicyclic) bond motifs is 1. The third-order valence-corrected chi connectivity index (χ3v) is 6.03. The summed E-state index contributed by atoms with van der Waals surface area (Å²) in [6.07, 6.45) is 3.13. The number of para-hydroxylation sites is 1. The van der Waals surface area contributed by atoms with Gasteiger partial charge < -0.3 is 4.90 Å². The first-order valence-electron chi connectivity index (χ1n) is 9.15. The molecule has 0 unspecified atom stereocenters. The molecule has 1 saturated heterocycles. The number of nitrogens with zero attached hydrogens (tertiary/aromatic N) is 3. The van der Waals surface area contributed by atoms with Gasteiger partial charge in [-0.3, -0.25) is 14.2 Å². The fourth-order valence-electron chi connectivity index (χ4n) is 3.59. The lowest BCUT2D eigenvalue weighted by Crippen LogP contribution is -2.43. The van der Waals surface area contributed by atoms with Crippen molar-refractivity contribution in [2.75, 3.05) is 13.1 Å². The van der Waals surface area contributed by atoms with Crippen molar-refractivity contribution in [1.82, 2.24) is 14.0 Å². The second-order valence-corrected chi connectivity index (χ2v) is 8.10. The van der Waals surface area contributed by atoms with E-state index in [1.807, 2.05) is 17.9 Å². The van der Waals surface area contributed by atoms with Crippen molar-refractivity contribution in [3.05, 3.63) is 62.1 Å². The SMILES string of the molecule is Cc1cc2c(=O)n(-c3ccccc3)c(=O)n(CC(=O)N3CCCCC3)c2s1. The van der Waals surface area contributed by atoms with E-state index in [2.05, 4.69) is 0 Å². The van der Waals surface area contributed by atoms with Crippen LogP contribution in [0.25, 0.3) is 15.9 Å². The molecule has 2 aromatic heterocycles. The molecule has 4 rings (SSSR count). The van der Waals surface area contributed by atoms with Crippen molar-refractivity contribution >= 4 is 27.5 Å². The molecule has 6 nitrogen and oxygen atoms in total. The standard InChI is InChI=1S/C20H21N3O3S/c1-14-12-16-18(25)23(15-8-4-2-5-9-15)20(26)22(19(16)27-14)13-17(24)21-10-6-3-7-11-21/h2,4-5,8-9,12H,3,6-7,10-11,13H2,1H3. The summed E-state index contributed by atoms with van der Waals surface area (Å²) in [5.74, 6) is -0.0672. The molecule has 0 aliphatic carbocycles. The molecular weight excluding hydrogens is 362 g/mol. The maximum Gasteiger partial charge on any atom is 0.337 e. The normalized spacial score (nSPS) is 14.6. The zero-order valence-corrected chi connectivity index (χ0v) is 16.0. The van der Waals surface area contributed by atoms with Crippen molar-refractivity contribution in [3.63, 3.8) is 0 Å². The summed E-state index contributed by atoms with van der Waals surface area (Å²) in [6, 6.07) is 10.7. The van der Waals surface area contributed by atoms with Gasteiger partial charge in [0, 0.05) is 18.0 Å². The summed E-state index contributed by atoms with van der Waals surface area (Å²) in [7, 11) is 0. The lowest BCUT2D eigenvalue weighted by Gasteiger charge is -2.27. The van der Waals surface area contributed by atoms with Crippen molar-refractivity contribution in [2.24, 2.45) is 0 Å². The molecule has 0 spiro atoms. The van der Waals surface area contributed by atoms with Crippen LogP contribution in [-0.4, -0.2) is 33.0 Å². The molecular formula is C20H21N3O3S. The van der Waals surface area contributed by atoms with E-state index in [1.165, 1.54) is 15.9 Å². The molecule has 1 aliphatic heterocycles. The van der Waals surface area contributed by atoms with Crippen LogP contribution in [-0.2, 0) is 11.3 Å². The zero-order valence-electron chi connectivity index (χ0n) is 15.2. The van der Waals surface area contributed by atoms with Gasteiger partial charge in [0.2, 0.25) is 5.91 Å². The molecule has 0 N–H and O–H groups in total. The lowest BCUT2D eigenvalue weighted by molar-refractivity contribution is -0.132. The Labute approximate surface area is 160 Å². The molecule has 7 heteroatoms. The van der Waals surface area contributed by atoms with Crippen LogP contribution in [0.5, 0.6) is 0 Å². The number of hydrogen-bond acceptors (Lipinski definition) is 4. The summed E-state index contributed by atoms with van der Waals surface area (Å²) in [4.78, 5) is 42.3. The highest BCUT2D eigenvalue weighted by Gasteiger charge is 2.22. The van der Waals surface area contributed by atoms with E-state index >= 15 is 0 Å². The van der Waals surface area contributed by atoms with Gasteiger partial charge in [0.1, 0.15) is 11.4 Å². The van der Waals surface area contributed by atoms with E-state index < -0.39 is 5.69 Å². The number of carbonyl (C=O) groups is 1. The number of amides is 1. The van der Waals surface area contributed by atoms with Gasteiger partial charge in [-0.1, -0.05) is 18.2 Å². The van der Waals surface area contributed by atoms with Gasteiger partial charge in [0.05, 0.1) is 11.1 Å². The van der Waals surface area contributed by atoms with E-state index in [0.29, 0.717) is 15.9 Å². The number of carbonyl (C=O) groups excluding carboxylic acids is 1. The third-order valence-electron chi connectivity index (χ3n) is 4.95. The van der Waals surface area contributed by atoms with Gasteiger partial charge >= 0.3 is 5.69 Å². The minimum absolute atomic E-state index is 0.0393. The Morgan fingerprint density at radius 3 is 2.48 bits per heavy atom. The molecule has 3 aromatic rings. The van der Waals surface area contributed by atoms with Crippen LogP contribution in [0.2, 0.25) is 0 Å². The fourth-order valence-corrected chi connectivity index (χ4v) is 4.58. The van der Waals surface area contributed by atoms with Gasteiger partial charge in [-0.25, -0.2) is 9.36 Å². The van der Waals surface area contributed by atoms with E-state index in [4.69, 9.17) is 0 Å². The first-order valence-corrected chi connectivity index (χ1v) is 9.97. The molecule has 0 atom stereocenters. The summed E-state index contributed by atoms with van der Waals surface area (Å²) in [5.41, 5.74) is -0.296. The van der Waals surface area contributed by atoms with Crippen LogP contribution in [0.3, 0.4) is 0 Å². The van der Waals surface area contributed by atoms with Gasteiger partial charge in [0.15, 0.2) is 0 Å². The van der Waals surface area contributed by atoms with Crippen LogP contribution in [0.15, 0.2) is 46.0 Å². The van der Waals surface area contributed by atoms with Crippen LogP contribution in [0.1, 0.15) is 24.1 Å². The van der Waals surface area contributed by atoms with Crippen molar-refractivity contribution < 1.29 is 4.79 Å². The minimum atomic E-state index is -0.467. The summed E-state index contributed by atoms with van der Waals surface area (Å²) >= 11 is 1.38. The van der Waals surface area contributed by atoms with Crippen LogP contribution >= 0.6 is 11.3 Å². The fraction of sp³-hybridized carbons (Fsp3) is 0.350. The van der Waals surface area contributed by atoms with Crippen LogP contribution < -0.4 is 11.2 Å². The Kier molecular flexibility index (Phi) is 4.70. The molecule has 0 bridgehead atoms. The number of aryl methyl sites for hydroxylation is 1. The zero-order chi connectivity index (χ0) is 19.0. The molecule has 1 aromatic carbocycles.